The summed E-state index contributed by atoms with van der Waals surface area (Å²) in [4.78, 5) is 14.1. The van der Waals surface area contributed by atoms with Gasteiger partial charge in [-0.3, -0.25) is 4.98 Å². The van der Waals surface area contributed by atoms with Crippen molar-refractivity contribution in [3.63, 3.8) is 0 Å². The maximum atomic E-state index is 4.80. The van der Waals surface area contributed by atoms with E-state index < -0.39 is 0 Å². The Morgan fingerprint density at radius 3 is 2.16 bits per heavy atom. The standard InChI is InChI=1S/C22H21N3/c1-12-8-13(2)10-17(9-12)21-19-7-6-18-15(4)23-11-14(3)20(18)22(19)25-16(5)24-21/h6-11H,1-5H3. The molecule has 0 aliphatic rings. The van der Waals surface area contributed by atoms with E-state index in [0.29, 0.717) is 0 Å². The summed E-state index contributed by atoms with van der Waals surface area (Å²) in [6, 6.07) is 10.9. The molecule has 2 aromatic heterocycles. The molecule has 0 aliphatic carbocycles. The van der Waals surface area contributed by atoms with Crippen LogP contribution in [-0.2, 0) is 0 Å². The summed E-state index contributed by atoms with van der Waals surface area (Å²) >= 11 is 0. The SMILES string of the molecule is Cc1cc(C)cc(-c2nc(C)nc3c2ccc2c(C)ncc(C)c23)c1. The predicted octanol–water partition coefficient (Wildman–Crippen LogP) is 5.39. The molecule has 25 heavy (non-hydrogen) atoms. The molecule has 0 amide bonds. The third-order valence-electron chi connectivity index (χ3n) is 4.71. The van der Waals surface area contributed by atoms with Crippen molar-refractivity contribution in [3.8, 4) is 11.3 Å². The van der Waals surface area contributed by atoms with Gasteiger partial charge in [-0.2, -0.15) is 0 Å². The van der Waals surface area contributed by atoms with Crippen molar-refractivity contribution >= 4 is 21.7 Å². The Kier molecular flexibility index (Phi) is 3.53. The van der Waals surface area contributed by atoms with Crippen LogP contribution in [0.4, 0.5) is 0 Å². The highest BCUT2D eigenvalue weighted by molar-refractivity contribution is 6.11. The van der Waals surface area contributed by atoms with Crippen LogP contribution in [0.2, 0.25) is 0 Å². The highest BCUT2D eigenvalue weighted by atomic mass is 14.9. The van der Waals surface area contributed by atoms with Crippen LogP contribution in [-0.4, -0.2) is 15.0 Å². The number of hydrogen-bond donors (Lipinski definition) is 0. The molecule has 0 saturated carbocycles. The molecule has 0 bridgehead atoms. The van der Waals surface area contributed by atoms with Gasteiger partial charge in [-0.1, -0.05) is 23.3 Å². The molecule has 0 fully saturated rings. The van der Waals surface area contributed by atoms with Crippen LogP contribution in [0.25, 0.3) is 32.9 Å². The van der Waals surface area contributed by atoms with Crippen LogP contribution in [0.15, 0.2) is 36.5 Å². The molecule has 0 atom stereocenters. The van der Waals surface area contributed by atoms with Crippen LogP contribution in [0.1, 0.15) is 28.2 Å². The lowest BCUT2D eigenvalue weighted by molar-refractivity contribution is 1.10. The zero-order chi connectivity index (χ0) is 17.7. The van der Waals surface area contributed by atoms with E-state index in [1.165, 1.54) is 16.5 Å². The van der Waals surface area contributed by atoms with Crippen molar-refractivity contribution in [2.75, 3.05) is 0 Å². The summed E-state index contributed by atoms with van der Waals surface area (Å²) in [6.07, 6.45) is 1.94. The molecular weight excluding hydrogens is 306 g/mol. The first-order valence-corrected chi connectivity index (χ1v) is 8.56. The molecule has 0 spiro atoms. The molecule has 0 unspecified atom stereocenters. The smallest absolute Gasteiger partial charge is 0.126 e. The van der Waals surface area contributed by atoms with Crippen LogP contribution < -0.4 is 0 Å². The van der Waals surface area contributed by atoms with Gasteiger partial charge >= 0.3 is 0 Å². The summed E-state index contributed by atoms with van der Waals surface area (Å²) < 4.78 is 0. The van der Waals surface area contributed by atoms with Crippen molar-refractivity contribution in [1.29, 1.82) is 0 Å². The Balaban J connectivity index is 2.17. The molecule has 3 heteroatoms. The summed E-state index contributed by atoms with van der Waals surface area (Å²) in [6.45, 7) is 10.4. The molecule has 2 heterocycles. The Labute approximate surface area is 147 Å². The summed E-state index contributed by atoms with van der Waals surface area (Å²) in [5.74, 6) is 0.794. The van der Waals surface area contributed by atoms with Crippen LogP contribution in [0, 0.1) is 34.6 Å². The normalized spacial score (nSPS) is 11.4. The van der Waals surface area contributed by atoms with Gasteiger partial charge in [0.25, 0.3) is 0 Å². The second-order valence-electron chi connectivity index (χ2n) is 6.91. The van der Waals surface area contributed by atoms with E-state index in [1.54, 1.807) is 0 Å². The number of aryl methyl sites for hydroxylation is 5. The summed E-state index contributed by atoms with van der Waals surface area (Å²) in [5.41, 5.74) is 7.85. The molecule has 2 aromatic carbocycles. The molecule has 0 saturated heterocycles. The molecule has 124 valence electrons. The topological polar surface area (TPSA) is 38.7 Å². The third kappa shape index (κ3) is 2.56. The first-order valence-electron chi connectivity index (χ1n) is 8.56. The first kappa shape index (κ1) is 15.7. The fourth-order valence-electron chi connectivity index (χ4n) is 3.67. The average molecular weight is 327 g/mol. The zero-order valence-electron chi connectivity index (χ0n) is 15.3. The van der Waals surface area contributed by atoms with Gasteiger partial charge in [0.05, 0.1) is 11.2 Å². The highest BCUT2D eigenvalue weighted by Gasteiger charge is 2.14. The van der Waals surface area contributed by atoms with Crippen molar-refractivity contribution in [2.45, 2.75) is 34.6 Å². The van der Waals surface area contributed by atoms with Gasteiger partial charge in [-0.15, -0.1) is 0 Å². The molecule has 3 nitrogen and oxygen atoms in total. The van der Waals surface area contributed by atoms with E-state index in [9.17, 15) is 0 Å². The minimum atomic E-state index is 0.794. The number of pyridine rings is 1. The number of fused-ring (bicyclic) bond motifs is 3. The predicted molar refractivity (Wildman–Crippen MR) is 104 cm³/mol. The van der Waals surface area contributed by atoms with Gasteiger partial charge in [0, 0.05) is 33.6 Å². The largest absolute Gasteiger partial charge is 0.261 e. The van der Waals surface area contributed by atoms with E-state index in [4.69, 9.17) is 9.97 Å². The van der Waals surface area contributed by atoms with E-state index >= 15 is 0 Å². The molecule has 0 aliphatic heterocycles. The van der Waals surface area contributed by atoms with E-state index in [1.807, 2.05) is 20.0 Å². The van der Waals surface area contributed by atoms with E-state index in [0.717, 1.165) is 44.6 Å². The van der Waals surface area contributed by atoms with Gasteiger partial charge in [-0.05, 0) is 58.4 Å². The lowest BCUT2D eigenvalue weighted by atomic mass is 9.97. The Morgan fingerprint density at radius 2 is 1.44 bits per heavy atom. The van der Waals surface area contributed by atoms with Gasteiger partial charge in [-0.25, -0.2) is 9.97 Å². The Hall–Kier alpha value is -2.81. The molecule has 0 N–H and O–H groups in total. The lowest BCUT2D eigenvalue weighted by Gasteiger charge is -2.13. The van der Waals surface area contributed by atoms with Gasteiger partial charge in [0.15, 0.2) is 0 Å². The molecule has 4 rings (SSSR count). The van der Waals surface area contributed by atoms with Crippen molar-refractivity contribution in [3.05, 3.63) is 64.7 Å². The second kappa shape index (κ2) is 5.62. The van der Waals surface area contributed by atoms with E-state index in [-0.39, 0.29) is 0 Å². The molecule has 4 aromatic rings. The minimum Gasteiger partial charge on any atom is -0.261 e. The fraction of sp³-hybridized carbons (Fsp3) is 0.227. The number of hydrogen-bond acceptors (Lipinski definition) is 3. The molecular formula is C22H21N3. The lowest BCUT2D eigenvalue weighted by Crippen LogP contribution is -1.97. The first-order chi connectivity index (χ1) is 11.9. The van der Waals surface area contributed by atoms with Crippen LogP contribution in [0.5, 0.6) is 0 Å². The fourth-order valence-corrected chi connectivity index (χ4v) is 3.67. The third-order valence-corrected chi connectivity index (χ3v) is 4.71. The van der Waals surface area contributed by atoms with Crippen molar-refractivity contribution in [1.82, 2.24) is 15.0 Å². The Morgan fingerprint density at radius 1 is 0.760 bits per heavy atom. The minimum absolute atomic E-state index is 0.794. The average Bonchev–Trinajstić information content (AvgIpc) is 2.56. The number of nitrogens with zero attached hydrogens (tertiary/aromatic N) is 3. The molecule has 0 radical (unpaired) electrons. The summed E-state index contributed by atoms with van der Waals surface area (Å²) in [5, 5.41) is 3.44. The van der Waals surface area contributed by atoms with Crippen molar-refractivity contribution < 1.29 is 0 Å². The quantitative estimate of drug-likeness (QED) is 0.440. The van der Waals surface area contributed by atoms with Gasteiger partial charge in [0.1, 0.15) is 5.82 Å². The highest BCUT2D eigenvalue weighted by Crippen LogP contribution is 2.33. The maximum Gasteiger partial charge on any atom is 0.126 e. The van der Waals surface area contributed by atoms with Crippen molar-refractivity contribution in [2.24, 2.45) is 0 Å². The number of rotatable bonds is 1. The van der Waals surface area contributed by atoms with E-state index in [2.05, 4.69) is 56.1 Å². The zero-order valence-corrected chi connectivity index (χ0v) is 15.3. The monoisotopic (exact) mass is 327 g/mol. The number of benzene rings is 2. The van der Waals surface area contributed by atoms with Crippen LogP contribution in [0.3, 0.4) is 0 Å². The van der Waals surface area contributed by atoms with Gasteiger partial charge < -0.3 is 0 Å². The Bertz CT molecular complexity index is 1120. The van der Waals surface area contributed by atoms with Crippen LogP contribution >= 0.6 is 0 Å². The summed E-state index contributed by atoms with van der Waals surface area (Å²) in [7, 11) is 0. The second-order valence-corrected chi connectivity index (χ2v) is 6.91. The maximum absolute atomic E-state index is 4.80. The number of aromatic nitrogens is 3. The van der Waals surface area contributed by atoms with Gasteiger partial charge in [0.2, 0.25) is 0 Å².